The van der Waals surface area contributed by atoms with Crippen molar-refractivity contribution in [3.8, 4) is 0 Å². The molecule has 1 heterocycles. The molecule has 0 spiro atoms. The summed E-state index contributed by atoms with van der Waals surface area (Å²) >= 11 is 0. The van der Waals surface area contributed by atoms with Gasteiger partial charge in [-0.15, -0.1) is 0 Å². The Morgan fingerprint density at radius 1 is 1.50 bits per heavy atom. The monoisotopic (exact) mass is 256 g/mol. The maximum atomic E-state index is 11.9. The number of rotatable bonds is 1. The molecule has 18 heavy (non-hydrogen) atoms. The molecule has 1 saturated carbocycles. The molecular formula is C13H24N2O3. The van der Waals surface area contributed by atoms with E-state index in [4.69, 9.17) is 10.5 Å². The van der Waals surface area contributed by atoms with E-state index >= 15 is 0 Å². The number of hydrogen-bond donors (Lipinski definition) is 2. The van der Waals surface area contributed by atoms with E-state index < -0.39 is 16.7 Å². The number of carbonyl (C=O) groups excluding carboxylic acids is 1. The zero-order chi connectivity index (χ0) is 13.8. The minimum absolute atomic E-state index is 0.281. The quantitative estimate of drug-likeness (QED) is 0.736. The largest absolute Gasteiger partial charge is 0.444 e. The smallest absolute Gasteiger partial charge is 0.410 e. The van der Waals surface area contributed by atoms with E-state index in [-0.39, 0.29) is 12.6 Å². The number of likely N-dealkylation sites (tertiary alicyclic amines) is 1. The predicted octanol–water partition coefficient (Wildman–Crippen LogP) is 1.10. The molecule has 2 aliphatic rings. The van der Waals surface area contributed by atoms with E-state index in [1.807, 2.05) is 27.7 Å². The summed E-state index contributed by atoms with van der Waals surface area (Å²) in [6.07, 6.45) is 0.994. The number of aliphatic hydroxyl groups is 1. The Hall–Kier alpha value is -0.810. The minimum Gasteiger partial charge on any atom is -0.444 e. The number of nitrogens with two attached hydrogens (primary N) is 1. The molecule has 1 saturated heterocycles. The van der Waals surface area contributed by atoms with Crippen molar-refractivity contribution >= 4 is 6.09 Å². The van der Waals surface area contributed by atoms with Crippen LogP contribution in [0.2, 0.25) is 0 Å². The van der Waals surface area contributed by atoms with Gasteiger partial charge in [0.05, 0.1) is 6.54 Å². The van der Waals surface area contributed by atoms with E-state index in [0.717, 1.165) is 6.42 Å². The molecule has 3 N–H and O–H groups in total. The van der Waals surface area contributed by atoms with Crippen molar-refractivity contribution in [3.63, 3.8) is 0 Å². The first kappa shape index (κ1) is 13.6. The molecule has 5 heteroatoms. The summed E-state index contributed by atoms with van der Waals surface area (Å²) in [5.41, 5.74) is 4.20. The molecule has 2 rings (SSSR count). The molecule has 0 aromatic rings. The van der Waals surface area contributed by atoms with Crippen LogP contribution in [0.1, 0.15) is 40.5 Å². The van der Waals surface area contributed by atoms with Gasteiger partial charge in [-0.25, -0.2) is 4.79 Å². The average molecular weight is 256 g/mol. The Bertz CT molecular complexity index is 366. The van der Waals surface area contributed by atoms with E-state index in [2.05, 4.69) is 0 Å². The number of hydrogen-bond acceptors (Lipinski definition) is 4. The molecule has 3 unspecified atom stereocenters. The lowest BCUT2D eigenvalue weighted by atomic mass is 9.90. The molecule has 1 aliphatic heterocycles. The number of β-amino-alcohol motifs (C(OH)–C–C–N with tert-alkyl or cyclic N) is 1. The van der Waals surface area contributed by atoms with E-state index in [1.165, 1.54) is 0 Å². The van der Waals surface area contributed by atoms with Crippen LogP contribution in [-0.4, -0.2) is 45.9 Å². The fourth-order valence-electron chi connectivity index (χ4n) is 2.75. The highest BCUT2D eigenvalue weighted by Gasteiger charge is 2.64. The summed E-state index contributed by atoms with van der Waals surface area (Å²) in [5, 5.41) is 10.6. The first-order valence-corrected chi connectivity index (χ1v) is 6.57. The Balaban J connectivity index is 1.99. The van der Waals surface area contributed by atoms with Gasteiger partial charge in [0.15, 0.2) is 0 Å². The van der Waals surface area contributed by atoms with E-state index in [0.29, 0.717) is 18.9 Å². The van der Waals surface area contributed by atoms with Gasteiger partial charge in [-0.1, -0.05) is 6.92 Å². The van der Waals surface area contributed by atoms with Crippen LogP contribution in [0, 0.1) is 5.92 Å². The zero-order valence-electron chi connectivity index (χ0n) is 11.7. The van der Waals surface area contributed by atoms with Gasteiger partial charge >= 0.3 is 6.09 Å². The average Bonchev–Trinajstić information content (AvgIpc) is 2.67. The van der Waals surface area contributed by atoms with Crippen molar-refractivity contribution in [3.05, 3.63) is 0 Å². The molecule has 0 bridgehead atoms. The van der Waals surface area contributed by atoms with Gasteiger partial charge in [0, 0.05) is 12.1 Å². The van der Waals surface area contributed by atoms with Crippen LogP contribution < -0.4 is 5.73 Å². The van der Waals surface area contributed by atoms with Gasteiger partial charge in [0.2, 0.25) is 0 Å². The molecule has 5 nitrogen and oxygen atoms in total. The van der Waals surface area contributed by atoms with Gasteiger partial charge in [0.25, 0.3) is 0 Å². The van der Waals surface area contributed by atoms with Crippen molar-refractivity contribution in [1.29, 1.82) is 0 Å². The standard InChI is InChI=1S/C13H24N2O3/c1-9-7-13(9,14)12(17)5-6-15(8-12)10(16)18-11(2,3)4/h9,17H,5-8,14H2,1-4H3. The Labute approximate surface area is 108 Å². The second kappa shape index (κ2) is 3.84. The summed E-state index contributed by atoms with van der Waals surface area (Å²) in [6.45, 7) is 8.33. The number of carbonyl (C=O) groups is 1. The molecule has 0 aromatic carbocycles. The maximum absolute atomic E-state index is 11.9. The molecule has 1 amide bonds. The van der Waals surface area contributed by atoms with Crippen molar-refractivity contribution in [1.82, 2.24) is 4.90 Å². The molecule has 0 radical (unpaired) electrons. The van der Waals surface area contributed by atoms with Gasteiger partial charge in [-0.3, -0.25) is 0 Å². The summed E-state index contributed by atoms with van der Waals surface area (Å²) in [4.78, 5) is 13.5. The Morgan fingerprint density at radius 2 is 2.06 bits per heavy atom. The lowest BCUT2D eigenvalue weighted by molar-refractivity contribution is -0.00315. The van der Waals surface area contributed by atoms with E-state index in [1.54, 1.807) is 4.90 Å². The second-order valence-electron chi connectivity index (χ2n) is 6.83. The number of amides is 1. The molecule has 0 aromatic heterocycles. The fraction of sp³-hybridized carbons (Fsp3) is 0.923. The molecular weight excluding hydrogens is 232 g/mol. The second-order valence-corrected chi connectivity index (χ2v) is 6.83. The van der Waals surface area contributed by atoms with Crippen LogP contribution >= 0.6 is 0 Å². The number of ether oxygens (including phenoxy) is 1. The predicted molar refractivity (Wildman–Crippen MR) is 68.1 cm³/mol. The topological polar surface area (TPSA) is 75.8 Å². The highest BCUT2D eigenvalue weighted by Crippen LogP contribution is 2.51. The van der Waals surface area contributed by atoms with Gasteiger partial charge in [-0.2, -0.15) is 0 Å². The summed E-state index contributed by atoms with van der Waals surface area (Å²) in [7, 11) is 0. The third-order valence-corrected chi connectivity index (χ3v) is 4.13. The van der Waals surface area contributed by atoms with Gasteiger partial charge in [0.1, 0.15) is 11.2 Å². The number of nitrogens with zero attached hydrogens (tertiary/aromatic N) is 1. The third-order valence-electron chi connectivity index (χ3n) is 4.13. The lowest BCUT2D eigenvalue weighted by Gasteiger charge is -2.31. The first-order valence-electron chi connectivity index (χ1n) is 6.57. The van der Waals surface area contributed by atoms with Gasteiger partial charge in [-0.05, 0) is 39.5 Å². The molecule has 104 valence electrons. The fourth-order valence-corrected chi connectivity index (χ4v) is 2.75. The van der Waals surface area contributed by atoms with Crippen molar-refractivity contribution in [2.45, 2.75) is 57.3 Å². The zero-order valence-corrected chi connectivity index (χ0v) is 11.7. The normalized spacial score (nSPS) is 39.9. The van der Waals surface area contributed by atoms with Crippen LogP contribution in [0.15, 0.2) is 0 Å². The summed E-state index contributed by atoms with van der Waals surface area (Å²) in [5.74, 6) is 0.320. The molecule has 2 fully saturated rings. The van der Waals surface area contributed by atoms with Crippen molar-refractivity contribution in [2.24, 2.45) is 11.7 Å². The Kier molecular flexibility index (Phi) is 2.91. The van der Waals surface area contributed by atoms with Crippen LogP contribution in [0.3, 0.4) is 0 Å². The van der Waals surface area contributed by atoms with Crippen molar-refractivity contribution < 1.29 is 14.6 Å². The van der Waals surface area contributed by atoms with Crippen molar-refractivity contribution in [2.75, 3.05) is 13.1 Å². The van der Waals surface area contributed by atoms with Crippen LogP contribution in [0.25, 0.3) is 0 Å². The highest BCUT2D eigenvalue weighted by molar-refractivity contribution is 5.68. The van der Waals surface area contributed by atoms with Crippen LogP contribution in [0.4, 0.5) is 4.79 Å². The lowest BCUT2D eigenvalue weighted by Crippen LogP contribution is -2.54. The Morgan fingerprint density at radius 3 is 2.50 bits per heavy atom. The minimum atomic E-state index is -0.955. The molecule has 1 aliphatic carbocycles. The molecule has 3 atom stereocenters. The van der Waals surface area contributed by atoms with Gasteiger partial charge < -0.3 is 20.5 Å². The first-order chi connectivity index (χ1) is 8.07. The SMILES string of the molecule is CC1CC1(N)C1(O)CCN(C(=O)OC(C)(C)C)C1. The van der Waals surface area contributed by atoms with Crippen LogP contribution in [0.5, 0.6) is 0 Å². The van der Waals surface area contributed by atoms with E-state index in [9.17, 15) is 9.90 Å². The summed E-state index contributed by atoms with van der Waals surface area (Å²) < 4.78 is 5.31. The maximum Gasteiger partial charge on any atom is 0.410 e. The van der Waals surface area contributed by atoms with Crippen LogP contribution in [-0.2, 0) is 4.74 Å². The third kappa shape index (κ3) is 2.21. The highest BCUT2D eigenvalue weighted by atomic mass is 16.6. The summed E-state index contributed by atoms with van der Waals surface area (Å²) in [6, 6.07) is 0.